The molecular weight excluding hydrogens is 364 g/mol. The van der Waals surface area contributed by atoms with E-state index in [4.69, 9.17) is 4.52 Å². The van der Waals surface area contributed by atoms with E-state index in [1.54, 1.807) is 12.3 Å². The molecule has 0 unspecified atom stereocenters. The maximum Gasteiger partial charge on any atom is 0.273 e. The molecule has 0 spiro atoms. The number of aromatic nitrogens is 2. The highest BCUT2D eigenvalue weighted by Gasteiger charge is 2.21. The van der Waals surface area contributed by atoms with Crippen LogP contribution in [0.4, 0.5) is 0 Å². The number of likely N-dealkylation sites (tertiary alicyclic amines) is 1. The summed E-state index contributed by atoms with van der Waals surface area (Å²) in [6, 6.07) is 18.1. The van der Waals surface area contributed by atoms with Crippen molar-refractivity contribution in [2.24, 2.45) is 5.92 Å². The Bertz CT molecular complexity index is 903. The van der Waals surface area contributed by atoms with Gasteiger partial charge in [-0.2, -0.15) is 0 Å². The van der Waals surface area contributed by atoms with Gasteiger partial charge in [0.1, 0.15) is 0 Å². The van der Waals surface area contributed by atoms with Gasteiger partial charge in [-0.05, 0) is 56.0 Å². The molecular formula is C23H26N4O2. The molecule has 3 heterocycles. The molecule has 1 aliphatic rings. The Kier molecular flexibility index (Phi) is 6.32. The van der Waals surface area contributed by atoms with E-state index in [0.29, 0.717) is 18.8 Å². The van der Waals surface area contributed by atoms with Gasteiger partial charge in [0.05, 0.1) is 18.8 Å². The molecule has 0 radical (unpaired) electrons. The number of pyridine rings is 1. The molecule has 1 aliphatic heterocycles. The van der Waals surface area contributed by atoms with E-state index in [1.165, 1.54) is 18.4 Å². The van der Waals surface area contributed by atoms with Crippen molar-refractivity contribution >= 4 is 5.91 Å². The summed E-state index contributed by atoms with van der Waals surface area (Å²) in [5.41, 5.74) is 2.54. The van der Waals surface area contributed by atoms with Crippen molar-refractivity contribution in [3.8, 4) is 0 Å². The molecule has 2 aromatic heterocycles. The van der Waals surface area contributed by atoms with Crippen molar-refractivity contribution in [2.75, 3.05) is 13.1 Å². The van der Waals surface area contributed by atoms with Crippen LogP contribution in [0.1, 0.15) is 40.3 Å². The molecule has 0 bridgehead atoms. The molecule has 29 heavy (non-hydrogen) atoms. The summed E-state index contributed by atoms with van der Waals surface area (Å²) < 4.78 is 5.39. The summed E-state index contributed by atoms with van der Waals surface area (Å²) in [4.78, 5) is 18.8. The smallest absolute Gasteiger partial charge is 0.273 e. The maximum atomic E-state index is 12.3. The van der Waals surface area contributed by atoms with E-state index in [0.717, 1.165) is 36.9 Å². The van der Waals surface area contributed by atoms with Crippen LogP contribution in [-0.2, 0) is 19.5 Å². The standard InChI is InChI=1S/C23H26N4O2/c28-23(25-16-20-8-4-5-11-24-20)22-15-21(29-26-22)17-27-12-9-19(10-13-27)14-18-6-2-1-3-7-18/h1-8,11,15,19H,9-10,12-14,16-17H2,(H,25,28). The Hall–Kier alpha value is -2.99. The van der Waals surface area contributed by atoms with Gasteiger partial charge in [0.25, 0.3) is 5.91 Å². The van der Waals surface area contributed by atoms with E-state index in [2.05, 4.69) is 50.7 Å². The molecule has 1 saturated heterocycles. The molecule has 0 saturated carbocycles. The van der Waals surface area contributed by atoms with Crippen LogP contribution in [0.25, 0.3) is 0 Å². The Morgan fingerprint density at radius 3 is 2.66 bits per heavy atom. The number of carbonyl (C=O) groups is 1. The molecule has 4 rings (SSSR count). The van der Waals surface area contributed by atoms with Crippen molar-refractivity contribution in [3.63, 3.8) is 0 Å². The third-order valence-electron chi connectivity index (χ3n) is 5.40. The van der Waals surface area contributed by atoms with Gasteiger partial charge in [-0.15, -0.1) is 0 Å². The van der Waals surface area contributed by atoms with Gasteiger partial charge >= 0.3 is 0 Å². The van der Waals surface area contributed by atoms with Crippen LogP contribution < -0.4 is 5.32 Å². The number of carbonyl (C=O) groups excluding carboxylic acids is 1. The first kappa shape index (κ1) is 19.3. The fraction of sp³-hybridized carbons (Fsp3) is 0.348. The van der Waals surface area contributed by atoms with Crippen LogP contribution >= 0.6 is 0 Å². The van der Waals surface area contributed by atoms with E-state index in [9.17, 15) is 4.79 Å². The van der Waals surface area contributed by atoms with Gasteiger partial charge in [0.15, 0.2) is 11.5 Å². The van der Waals surface area contributed by atoms with Gasteiger partial charge in [-0.1, -0.05) is 41.6 Å². The zero-order valence-electron chi connectivity index (χ0n) is 16.5. The first-order valence-electron chi connectivity index (χ1n) is 10.2. The first-order chi connectivity index (χ1) is 14.3. The second-order valence-electron chi connectivity index (χ2n) is 7.59. The zero-order chi connectivity index (χ0) is 19.9. The van der Waals surface area contributed by atoms with Crippen LogP contribution in [-0.4, -0.2) is 34.0 Å². The lowest BCUT2D eigenvalue weighted by atomic mass is 9.90. The summed E-state index contributed by atoms with van der Waals surface area (Å²) in [6.07, 6.45) is 5.22. The van der Waals surface area contributed by atoms with Gasteiger partial charge in [-0.25, -0.2) is 0 Å². The fourth-order valence-electron chi connectivity index (χ4n) is 3.78. The summed E-state index contributed by atoms with van der Waals surface area (Å²) in [6.45, 7) is 3.15. The van der Waals surface area contributed by atoms with Crippen molar-refractivity contribution in [3.05, 3.63) is 83.5 Å². The van der Waals surface area contributed by atoms with Crippen LogP contribution in [0.3, 0.4) is 0 Å². The molecule has 6 nitrogen and oxygen atoms in total. The van der Waals surface area contributed by atoms with Gasteiger partial charge in [0.2, 0.25) is 0 Å². The largest absolute Gasteiger partial charge is 0.359 e. The maximum absolute atomic E-state index is 12.3. The average Bonchev–Trinajstić information content (AvgIpc) is 3.23. The number of hydrogen-bond acceptors (Lipinski definition) is 5. The third-order valence-corrected chi connectivity index (χ3v) is 5.40. The quantitative estimate of drug-likeness (QED) is 0.669. The SMILES string of the molecule is O=C(NCc1ccccn1)c1cc(CN2CCC(Cc3ccccc3)CC2)on1. The molecule has 1 aromatic carbocycles. The normalized spacial score (nSPS) is 15.3. The Labute approximate surface area is 170 Å². The highest BCUT2D eigenvalue weighted by atomic mass is 16.5. The van der Waals surface area contributed by atoms with Crippen molar-refractivity contribution in [1.82, 2.24) is 20.4 Å². The Morgan fingerprint density at radius 1 is 1.10 bits per heavy atom. The summed E-state index contributed by atoms with van der Waals surface area (Å²) >= 11 is 0. The van der Waals surface area contributed by atoms with Gasteiger partial charge < -0.3 is 9.84 Å². The second kappa shape index (κ2) is 9.47. The van der Waals surface area contributed by atoms with Crippen molar-refractivity contribution in [2.45, 2.75) is 32.4 Å². The minimum Gasteiger partial charge on any atom is -0.359 e. The monoisotopic (exact) mass is 390 g/mol. The van der Waals surface area contributed by atoms with Gasteiger partial charge in [0, 0.05) is 12.3 Å². The van der Waals surface area contributed by atoms with Crippen molar-refractivity contribution in [1.29, 1.82) is 0 Å². The fourth-order valence-corrected chi connectivity index (χ4v) is 3.78. The summed E-state index contributed by atoms with van der Waals surface area (Å²) in [7, 11) is 0. The Morgan fingerprint density at radius 2 is 1.90 bits per heavy atom. The lowest BCUT2D eigenvalue weighted by Crippen LogP contribution is -2.33. The number of rotatable bonds is 7. The van der Waals surface area contributed by atoms with Gasteiger partial charge in [-0.3, -0.25) is 14.7 Å². The van der Waals surface area contributed by atoms with Crippen LogP contribution in [0.5, 0.6) is 0 Å². The highest BCUT2D eigenvalue weighted by molar-refractivity contribution is 5.92. The zero-order valence-corrected chi connectivity index (χ0v) is 16.5. The Balaban J connectivity index is 1.23. The predicted octanol–water partition coefficient (Wildman–Crippen LogP) is 3.45. The lowest BCUT2D eigenvalue weighted by molar-refractivity contribution is 0.0941. The molecule has 0 aliphatic carbocycles. The van der Waals surface area contributed by atoms with E-state index in [-0.39, 0.29) is 5.91 Å². The predicted molar refractivity (Wildman–Crippen MR) is 110 cm³/mol. The first-order valence-corrected chi connectivity index (χ1v) is 10.2. The van der Waals surface area contributed by atoms with E-state index < -0.39 is 0 Å². The molecule has 3 aromatic rings. The molecule has 1 fully saturated rings. The molecule has 0 atom stereocenters. The summed E-state index contributed by atoms with van der Waals surface area (Å²) in [5, 5.41) is 6.75. The number of hydrogen-bond donors (Lipinski definition) is 1. The van der Waals surface area contributed by atoms with Crippen molar-refractivity contribution < 1.29 is 9.32 Å². The number of amides is 1. The van der Waals surface area contributed by atoms with Crippen LogP contribution in [0.2, 0.25) is 0 Å². The number of nitrogens with one attached hydrogen (secondary N) is 1. The molecule has 150 valence electrons. The topological polar surface area (TPSA) is 71.3 Å². The summed E-state index contributed by atoms with van der Waals surface area (Å²) in [5.74, 6) is 1.22. The minimum absolute atomic E-state index is 0.243. The number of nitrogens with zero attached hydrogens (tertiary/aromatic N) is 3. The molecule has 1 N–H and O–H groups in total. The average molecular weight is 390 g/mol. The molecule has 6 heteroatoms. The number of benzene rings is 1. The number of piperidine rings is 1. The van der Waals surface area contributed by atoms with Crippen LogP contribution in [0.15, 0.2) is 65.3 Å². The highest BCUT2D eigenvalue weighted by Crippen LogP contribution is 2.23. The third kappa shape index (κ3) is 5.51. The van der Waals surface area contributed by atoms with E-state index >= 15 is 0 Å². The minimum atomic E-state index is -0.243. The lowest BCUT2D eigenvalue weighted by Gasteiger charge is -2.31. The van der Waals surface area contributed by atoms with E-state index in [1.807, 2.05) is 18.2 Å². The second-order valence-corrected chi connectivity index (χ2v) is 7.59. The molecule has 1 amide bonds. The van der Waals surface area contributed by atoms with Crippen LogP contribution in [0, 0.1) is 5.92 Å².